The third-order valence-corrected chi connectivity index (χ3v) is 4.12. The number of benzene rings is 1. The maximum absolute atomic E-state index is 12.7. The van der Waals surface area contributed by atoms with Crippen LogP contribution in [0.15, 0.2) is 12.1 Å². The van der Waals surface area contributed by atoms with E-state index in [-0.39, 0.29) is 48.0 Å². The monoisotopic (exact) mass is 326 g/mol. The Morgan fingerprint density at radius 3 is 2.75 bits per heavy atom. The molecule has 2 N–H and O–H groups in total. The summed E-state index contributed by atoms with van der Waals surface area (Å²) < 4.78 is 0. The van der Waals surface area contributed by atoms with Crippen LogP contribution in [0.25, 0.3) is 0 Å². The number of nitrogens with zero attached hydrogens (tertiary/aromatic N) is 2. The van der Waals surface area contributed by atoms with Crippen molar-refractivity contribution >= 4 is 29.3 Å². The molecule has 8 nitrogen and oxygen atoms in total. The van der Waals surface area contributed by atoms with Crippen molar-refractivity contribution in [2.24, 2.45) is 0 Å². The Morgan fingerprint density at radius 2 is 2.12 bits per heavy atom. The number of carbonyl (C=O) groups excluding carboxylic acids is 4. The number of rotatable bonds is 2. The third kappa shape index (κ3) is 2.50. The molecule has 3 rings (SSSR count). The minimum atomic E-state index is -0.738. The summed E-state index contributed by atoms with van der Waals surface area (Å²) in [5.41, 5.74) is 1.17. The molecular weight excluding hydrogens is 312 g/mol. The van der Waals surface area contributed by atoms with Gasteiger partial charge in [-0.3, -0.25) is 24.5 Å². The highest BCUT2D eigenvalue weighted by molar-refractivity contribution is 6.07. The summed E-state index contributed by atoms with van der Waals surface area (Å²) in [5, 5.41) is 14.2. The number of fused-ring (bicyclic) bond motifs is 1. The van der Waals surface area contributed by atoms with Gasteiger partial charge < -0.3 is 10.2 Å². The molecule has 2 aliphatic heterocycles. The first-order chi connectivity index (χ1) is 11.4. The molecule has 1 fully saturated rings. The maximum Gasteiger partial charge on any atom is 0.256 e. The molecule has 2 heterocycles. The average Bonchev–Trinajstić information content (AvgIpc) is 2.84. The predicted octanol–water partition coefficient (Wildman–Crippen LogP) is 0.278. The van der Waals surface area contributed by atoms with Gasteiger partial charge in [-0.05, 0) is 18.1 Å². The van der Waals surface area contributed by atoms with Gasteiger partial charge in [0.25, 0.3) is 5.91 Å². The molecule has 1 saturated heterocycles. The molecule has 0 aromatic heterocycles. The Morgan fingerprint density at radius 1 is 1.38 bits per heavy atom. The average molecular weight is 326 g/mol. The summed E-state index contributed by atoms with van der Waals surface area (Å²) in [6.07, 6.45) is 0.420. The van der Waals surface area contributed by atoms with E-state index < -0.39 is 17.9 Å². The van der Waals surface area contributed by atoms with Crippen LogP contribution in [0.3, 0.4) is 0 Å². The summed E-state index contributed by atoms with van der Waals surface area (Å²) in [4.78, 5) is 48.6. The highest BCUT2D eigenvalue weighted by atomic mass is 16.2. The summed E-state index contributed by atoms with van der Waals surface area (Å²) in [6.45, 7) is 1.50. The number of imide groups is 1. The van der Waals surface area contributed by atoms with Crippen molar-refractivity contribution in [2.45, 2.75) is 32.4 Å². The van der Waals surface area contributed by atoms with Gasteiger partial charge in [0.15, 0.2) is 0 Å². The van der Waals surface area contributed by atoms with Crippen LogP contribution in [-0.4, -0.2) is 34.6 Å². The molecule has 1 aromatic rings. The number of hydrogen-bond acceptors (Lipinski definition) is 5. The van der Waals surface area contributed by atoms with Gasteiger partial charge in [0.1, 0.15) is 12.1 Å². The Bertz CT molecular complexity index is 824. The molecule has 0 spiro atoms. The van der Waals surface area contributed by atoms with Crippen LogP contribution in [0.2, 0.25) is 0 Å². The fraction of sp³-hybridized carbons (Fsp3) is 0.312. The van der Waals surface area contributed by atoms with E-state index >= 15 is 0 Å². The number of piperidine rings is 1. The second-order valence-corrected chi connectivity index (χ2v) is 5.72. The van der Waals surface area contributed by atoms with Gasteiger partial charge >= 0.3 is 0 Å². The van der Waals surface area contributed by atoms with Crippen LogP contribution in [0.4, 0.5) is 5.69 Å². The van der Waals surface area contributed by atoms with E-state index in [1.165, 1.54) is 11.8 Å². The van der Waals surface area contributed by atoms with Crippen molar-refractivity contribution in [3.63, 3.8) is 0 Å². The van der Waals surface area contributed by atoms with Gasteiger partial charge in [-0.25, -0.2) is 0 Å². The predicted molar refractivity (Wildman–Crippen MR) is 81.5 cm³/mol. The van der Waals surface area contributed by atoms with Crippen LogP contribution in [-0.2, 0) is 20.9 Å². The van der Waals surface area contributed by atoms with E-state index in [1.54, 1.807) is 12.1 Å². The topological polar surface area (TPSA) is 119 Å². The Balaban J connectivity index is 1.96. The van der Waals surface area contributed by atoms with Crippen LogP contribution < -0.4 is 10.6 Å². The normalized spacial score (nSPS) is 19.6. The summed E-state index contributed by atoms with van der Waals surface area (Å²) in [5.74, 6) is -1.65. The number of amides is 4. The lowest BCUT2D eigenvalue weighted by Gasteiger charge is -2.29. The van der Waals surface area contributed by atoms with E-state index in [1.807, 2.05) is 6.07 Å². The van der Waals surface area contributed by atoms with Gasteiger partial charge in [0.05, 0.1) is 16.8 Å². The zero-order chi connectivity index (χ0) is 17.4. The van der Waals surface area contributed by atoms with Gasteiger partial charge in [-0.2, -0.15) is 5.26 Å². The van der Waals surface area contributed by atoms with Crippen molar-refractivity contribution in [1.82, 2.24) is 10.2 Å². The molecule has 1 aromatic carbocycles. The Labute approximate surface area is 137 Å². The second-order valence-electron chi connectivity index (χ2n) is 5.72. The van der Waals surface area contributed by atoms with Crippen molar-refractivity contribution in [3.8, 4) is 6.07 Å². The summed E-state index contributed by atoms with van der Waals surface area (Å²) in [6, 6.07) is 4.45. The highest BCUT2D eigenvalue weighted by Crippen LogP contribution is 2.33. The van der Waals surface area contributed by atoms with E-state index in [0.717, 1.165) is 0 Å². The number of nitriles is 1. The molecule has 122 valence electrons. The zero-order valence-corrected chi connectivity index (χ0v) is 12.9. The van der Waals surface area contributed by atoms with E-state index in [2.05, 4.69) is 10.6 Å². The maximum atomic E-state index is 12.7. The van der Waals surface area contributed by atoms with Gasteiger partial charge in [-0.1, -0.05) is 6.07 Å². The number of anilines is 1. The van der Waals surface area contributed by atoms with Crippen molar-refractivity contribution in [2.75, 3.05) is 5.32 Å². The molecule has 8 heteroatoms. The fourth-order valence-corrected chi connectivity index (χ4v) is 3.06. The lowest BCUT2D eigenvalue weighted by Crippen LogP contribution is -2.52. The number of hydrogen-bond donors (Lipinski definition) is 2. The first-order valence-electron chi connectivity index (χ1n) is 7.40. The smallest absolute Gasteiger partial charge is 0.256 e. The number of carbonyl (C=O) groups is 4. The van der Waals surface area contributed by atoms with Gasteiger partial charge in [0, 0.05) is 19.9 Å². The molecule has 0 aliphatic carbocycles. The van der Waals surface area contributed by atoms with E-state index in [4.69, 9.17) is 0 Å². The summed E-state index contributed by atoms with van der Waals surface area (Å²) in [7, 11) is 0. The van der Waals surface area contributed by atoms with Crippen molar-refractivity contribution in [1.29, 1.82) is 5.26 Å². The molecule has 0 bridgehead atoms. The largest absolute Gasteiger partial charge is 0.325 e. The minimum absolute atomic E-state index is 0.0856. The quantitative estimate of drug-likeness (QED) is 0.756. The molecule has 1 atom stereocenters. The van der Waals surface area contributed by atoms with Crippen LogP contribution in [0.1, 0.15) is 41.3 Å². The Hall–Kier alpha value is -3.21. The standard InChI is InChI=1S/C16H14N4O4/c1-8(21)18-11-3-2-9-7-20(16(24)14(9)10(11)6-17)12-4-5-13(22)19-15(12)23/h2-3,12H,4-5,7H2,1H3,(H,18,21)(H,19,22,23). The molecule has 0 saturated carbocycles. The van der Waals surface area contributed by atoms with Gasteiger partial charge in [-0.15, -0.1) is 0 Å². The van der Waals surface area contributed by atoms with Crippen LogP contribution in [0.5, 0.6) is 0 Å². The first-order valence-corrected chi connectivity index (χ1v) is 7.40. The summed E-state index contributed by atoms with van der Waals surface area (Å²) >= 11 is 0. The molecule has 4 amide bonds. The molecule has 1 unspecified atom stereocenters. The van der Waals surface area contributed by atoms with Crippen LogP contribution in [0, 0.1) is 11.3 Å². The highest BCUT2D eigenvalue weighted by Gasteiger charge is 2.40. The van der Waals surface area contributed by atoms with E-state index in [9.17, 15) is 24.4 Å². The lowest BCUT2D eigenvalue weighted by molar-refractivity contribution is -0.137. The van der Waals surface area contributed by atoms with Gasteiger partial charge in [0.2, 0.25) is 17.7 Å². The van der Waals surface area contributed by atoms with Crippen molar-refractivity contribution in [3.05, 3.63) is 28.8 Å². The minimum Gasteiger partial charge on any atom is -0.325 e. The van der Waals surface area contributed by atoms with E-state index in [0.29, 0.717) is 5.56 Å². The molecule has 24 heavy (non-hydrogen) atoms. The molecular formula is C16H14N4O4. The van der Waals surface area contributed by atoms with Crippen LogP contribution >= 0.6 is 0 Å². The zero-order valence-electron chi connectivity index (χ0n) is 12.9. The molecule has 2 aliphatic rings. The first kappa shape index (κ1) is 15.7. The fourth-order valence-electron chi connectivity index (χ4n) is 3.06. The lowest BCUT2D eigenvalue weighted by atomic mass is 10.0. The number of nitrogens with one attached hydrogen (secondary N) is 2. The molecule has 0 radical (unpaired) electrons. The SMILES string of the molecule is CC(=O)Nc1ccc2c(c1C#N)C(=O)N(C1CCC(=O)NC1=O)C2. The van der Waals surface area contributed by atoms with Crippen molar-refractivity contribution < 1.29 is 19.2 Å². The second kappa shape index (κ2) is 5.77. The third-order valence-electron chi connectivity index (χ3n) is 4.12. The Kier molecular flexibility index (Phi) is 3.77.